The van der Waals surface area contributed by atoms with Crippen LogP contribution in [-0.4, -0.2) is 44.8 Å². The molecule has 0 saturated carbocycles. The van der Waals surface area contributed by atoms with Gasteiger partial charge in [-0.3, -0.25) is 13.9 Å². The molecule has 0 aliphatic rings. The van der Waals surface area contributed by atoms with Crippen molar-refractivity contribution in [3.05, 3.63) is 93.4 Å². The van der Waals surface area contributed by atoms with Crippen molar-refractivity contribution in [1.29, 1.82) is 0 Å². The number of amides is 2. The van der Waals surface area contributed by atoms with Crippen LogP contribution in [0.5, 0.6) is 0 Å². The van der Waals surface area contributed by atoms with Gasteiger partial charge in [-0.05, 0) is 48.4 Å². The number of anilines is 1. The van der Waals surface area contributed by atoms with Gasteiger partial charge in [-0.2, -0.15) is 0 Å². The molecule has 7 nitrogen and oxygen atoms in total. The molecule has 3 rings (SSSR count). The van der Waals surface area contributed by atoms with Crippen molar-refractivity contribution in [2.45, 2.75) is 30.8 Å². The summed E-state index contributed by atoms with van der Waals surface area (Å²) in [6, 6.07) is 18.1. The number of nitrogens with one attached hydrogen (secondary N) is 1. The topological polar surface area (TPSA) is 86.8 Å². The maximum atomic E-state index is 13.8. The van der Waals surface area contributed by atoms with Crippen molar-refractivity contribution < 1.29 is 18.0 Å². The Morgan fingerprint density at radius 1 is 0.919 bits per heavy atom. The minimum absolute atomic E-state index is 0.0000397. The first-order valence-corrected chi connectivity index (χ1v) is 13.9. The summed E-state index contributed by atoms with van der Waals surface area (Å²) in [5.41, 5.74) is 0.725. The Balaban J connectivity index is 2.10. The van der Waals surface area contributed by atoms with Crippen molar-refractivity contribution >= 4 is 62.3 Å². The lowest BCUT2D eigenvalue weighted by Gasteiger charge is -2.33. The van der Waals surface area contributed by atoms with Gasteiger partial charge in [0.25, 0.3) is 10.0 Å². The smallest absolute Gasteiger partial charge is 0.264 e. The van der Waals surface area contributed by atoms with Gasteiger partial charge in [0.05, 0.1) is 10.6 Å². The highest BCUT2D eigenvalue weighted by Gasteiger charge is 2.33. The monoisotopic (exact) mass is 581 g/mol. The molecule has 37 heavy (non-hydrogen) atoms. The van der Waals surface area contributed by atoms with Crippen molar-refractivity contribution in [3.8, 4) is 0 Å². The van der Waals surface area contributed by atoms with E-state index in [1.807, 2.05) is 0 Å². The third-order valence-electron chi connectivity index (χ3n) is 5.68. The first-order chi connectivity index (χ1) is 17.6. The highest BCUT2D eigenvalue weighted by Crippen LogP contribution is 2.30. The molecule has 196 valence electrons. The number of nitrogens with zero attached hydrogens (tertiary/aromatic N) is 2. The second-order valence-electron chi connectivity index (χ2n) is 8.10. The van der Waals surface area contributed by atoms with Crippen LogP contribution in [0.25, 0.3) is 0 Å². The highest BCUT2D eigenvalue weighted by molar-refractivity contribution is 7.92. The van der Waals surface area contributed by atoms with Gasteiger partial charge >= 0.3 is 0 Å². The third kappa shape index (κ3) is 6.96. The van der Waals surface area contributed by atoms with Crippen LogP contribution in [-0.2, 0) is 26.2 Å². The summed E-state index contributed by atoms with van der Waals surface area (Å²) in [7, 11) is -2.74. The molecule has 3 aromatic carbocycles. The normalized spacial score (nSPS) is 12.0. The van der Waals surface area contributed by atoms with Crippen LogP contribution in [0.2, 0.25) is 15.1 Å². The number of carbonyl (C=O) groups is 2. The molecular weight excluding hydrogens is 557 g/mol. The maximum absolute atomic E-state index is 13.8. The van der Waals surface area contributed by atoms with Crippen LogP contribution < -0.4 is 9.62 Å². The van der Waals surface area contributed by atoms with Crippen molar-refractivity contribution in [1.82, 2.24) is 10.2 Å². The number of rotatable bonds is 10. The summed E-state index contributed by atoms with van der Waals surface area (Å²) in [6.07, 6.45) is 0.296. The molecule has 0 unspecified atom stereocenters. The van der Waals surface area contributed by atoms with E-state index in [2.05, 4.69) is 5.32 Å². The minimum atomic E-state index is -4.21. The number of hydrogen-bond acceptors (Lipinski definition) is 4. The molecule has 2 amide bonds. The zero-order valence-electron chi connectivity index (χ0n) is 20.2. The van der Waals surface area contributed by atoms with Crippen LogP contribution in [0.3, 0.4) is 0 Å². The minimum Gasteiger partial charge on any atom is -0.357 e. The second-order valence-corrected chi connectivity index (χ2v) is 11.2. The summed E-state index contributed by atoms with van der Waals surface area (Å²) < 4.78 is 28.4. The van der Waals surface area contributed by atoms with Crippen LogP contribution in [0.1, 0.15) is 18.9 Å². The zero-order chi connectivity index (χ0) is 27.2. The fourth-order valence-electron chi connectivity index (χ4n) is 3.83. The largest absolute Gasteiger partial charge is 0.357 e. The van der Waals surface area contributed by atoms with E-state index in [4.69, 9.17) is 34.8 Å². The molecule has 1 N–H and O–H groups in total. The lowest BCUT2D eigenvalue weighted by molar-refractivity contribution is -0.140. The van der Waals surface area contributed by atoms with E-state index in [0.29, 0.717) is 17.0 Å². The average Bonchev–Trinajstić information content (AvgIpc) is 2.87. The number of likely N-dealkylation sites (N-methyl/N-ethyl adjacent to an activating group) is 1. The number of halogens is 3. The summed E-state index contributed by atoms with van der Waals surface area (Å²) in [6.45, 7) is 1.16. The Labute approximate surface area is 232 Å². The average molecular weight is 583 g/mol. The molecule has 3 aromatic rings. The Kier molecular flexibility index (Phi) is 9.84. The summed E-state index contributed by atoms with van der Waals surface area (Å²) in [5.74, 6) is -0.989. The van der Waals surface area contributed by atoms with E-state index in [1.54, 1.807) is 49.4 Å². The van der Waals surface area contributed by atoms with E-state index in [-0.39, 0.29) is 33.1 Å². The number of hydrogen-bond donors (Lipinski definition) is 1. The maximum Gasteiger partial charge on any atom is 0.264 e. The molecule has 0 aliphatic carbocycles. The molecule has 0 spiro atoms. The van der Waals surface area contributed by atoms with Crippen molar-refractivity contribution in [3.63, 3.8) is 0 Å². The predicted octanol–water partition coefficient (Wildman–Crippen LogP) is 5.40. The SMILES string of the molecule is CC[C@H](C(=O)NC)N(Cc1ccccc1Cl)C(=O)CN(c1cc(Cl)cc(Cl)c1)S(=O)(=O)c1ccccc1. The van der Waals surface area contributed by atoms with Crippen LogP contribution in [0.15, 0.2) is 77.7 Å². The van der Waals surface area contributed by atoms with Gasteiger partial charge in [0.15, 0.2) is 0 Å². The molecule has 0 heterocycles. The van der Waals surface area contributed by atoms with Crippen LogP contribution in [0, 0.1) is 0 Å². The quantitative estimate of drug-likeness (QED) is 0.347. The van der Waals surface area contributed by atoms with Gasteiger partial charge in [0.1, 0.15) is 12.6 Å². The van der Waals surface area contributed by atoms with E-state index >= 15 is 0 Å². The van der Waals surface area contributed by atoms with E-state index in [1.165, 1.54) is 42.3 Å². The van der Waals surface area contributed by atoms with Gasteiger partial charge in [-0.15, -0.1) is 0 Å². The Bertz CT molecular complexity index is 1350. The lowest BCUT2D eigenvalue weighted by Crippen LogP contribution is -2.51. The molecule has 1 atom stereocenters. The van der Waals surface area contributed by atoms with Crippen LogP contribution >= 0.6 is 34.8 Å². The van der Waals surface area contributed by atoms with Gasteiger partial charge < -0.3 is 10.2 Å². The molecule has 11 heteroatoms. The molecule has 0 saturated heterocycles. The van der Waals surface area contributed by atoms with Crippen LogP contribution in [0.4, 0.5) is 5.69 Å². The molecule has 0 fully saturated rings. The number of carbonyl (C=O) groups excluding carboxylic acids is 2. The van der Waals surface area contributed by atoms with E-state index in [9.17, 15) is 18.0 Å². The van der Waals surface area contributed by atoms with Crippen molar-refractivity contribution in [2.75, 3.05) is 17.9 Å². The van der Waals surface area contributed by atoms with Gasteiger partial charge in [0, 0.05) is 28.7 Å². The third-order valence-corrected chi connectivity index (χ3v) is 8.27. The molecule has 0 bridgehead atoms. The fraction of sp³-hybridized carbons (Fsp3) is 0.231. The molecule has 0 aromatic heterocycles. The predicted molar refractivity (Wildman–Crippen MR) is 148 cm³/mol. The highest BCUT2D eigenvalue weighted by atomic mass is 35.5. The Morgan fingerprint density at radius 2 is 1.51 bits per heavy atom. The second kappa shape index (κ2) is 12.6. The first-order valence-electron chi connectivity index (χ1n) is 11.4. The van der Waals surface area contributed by atoms with Crippen molar-refractivity contribution in [2.24, 2.45) is 0 Å². The summed E-state index contributed by atoms with van der Waals surface area (Å²) >= 11 is 18.7. The van der Waals surface area contributed by atoms with E-state index in [0.717, 1.165) is 4.31 Å². The summed E-state index contributed by atoms with van der Waals surface area (Å²) in [4.78, 5) is 27.9. The van der Waals surface area contributed by atoms with Gasteiger partial charge in [-0.1, -0.05) is 78.1 Å². The molecule has 0 radical (unpaired) electrons. The Morgan fingerprint density at radius 3 is 2.08 bits per heavy atom. The van der Waals surface area contributed by atoms with E-state index < -0.39 is 28.5 Å². The lowest BCUT2D eigenvalue weighted by atomic mass is 10.1. The number of benzene rings is 3. The number of sulfonamides is 1. The zero-order valence-corrected chi connectivity index (χ0v) is 23.3. The standard InChI is InChI=1S/C26H26Cl3N3O4S/c1-3-24(26(34)30-2)31(16-18-9-7-8-12-23(18)29)25(33)17-32(21-14-19(27)13-20(28)15-21)37(35,36)22-10-5-4-6-11-22/h4-15,24H,3,16-17H2,1-2H3,(H,30,34)/t24-/m1/s1. The molecule has 0 aliphatic heterocycles. The van der Waals surface area contributed by atoms with Gasteiger partial charge in [0.2, 0.25) is 11.8 Å². The summed E-state index contributed by atoms with van der Waals surface area (Å²) in [5, 5.41) is 3.40. The fourth-order valence-corrected chi connectivity index (χ4v) is 5.96. The first kappa shape index (κ1) is 28.8. The molecular formula is C26H26Cl3N3O4S. The Hall–Kier alpha value is -2.78. The van der Waals surface area contributed by atoms with Gasteiger partial charge in [-0.25, -0.2) is 8.42 Å².